The van der Waals surface area contributed by atoms with Crippen LogP contribution in [0.3, 0.4) is 0 Å². The first-order valence-corrected chi connectivity index (χ1v) is 10.5. The van der Waals surface area contributed by atoms with Gasteiger partial charge in [-0.2, -0.15) is 0 Å². The van der Waals surface area contributed by atoms with Gasteiger partial charge in [-0.1, -0.05) is 19.1 Å². The van der Waals surface area contributed by atoms with E-state index in [0.717, 1.165) is 23.1 Å². The van der Waals surface area contributed by atoms with Gasteiger partial charge in [-0.05, 0) is 36.7 Å². The second-order valence-electron chi connectivity index (χ2n) is 8.05. The van der Waals surface area contributed by atoms with Gasteiger partial charge in [0.15, 0.2) is 6.10 Å². The van der Waals surface area contributed by atoms with Gasteiger partial charge < -0.3 is 19.7 Å². The van der Waals surface area contributed by atoms with Crippen molar-refractivity contribution in [1.82, 2.24) is 14.9 Å². The van der Waals surface area contributed by atoms with Crippen molar-refractivity contribution in [2.24, 2.45) is 0 Å². The highest BCUT2D eigenvalue weighted by Gasteiger charge is 2.34. The molecule has 2 N–H and O–H groups in total. The lowest BCUT2D eigenvalue weighted by molar-refractivity contribution is -0.157. The van der Waals surface area contributed by atoms with Crippen LogP contribution in [0.5, 0.6) is 0 Å². The van der Waals surface area contributed by atoms with Crippen molar-refractivity contribution in [3.05, 3.63) is 68.3 Å². The topological polar surface area (TPSA) is 93.5 Å². The zero-order valence-electron chi connectivity index (χ0n) is 17.7. The number of nitrogens with zero attached hydrogens (tertiary/aromatic N) is 2. The van der Waals surface area contributed by atoms with Gasteiger partial charge in [0.05, 0.1) is 29.0 Å². The molecule has 2 aliphatic rings. The van der Waals surface area contributed by atoms with Crippen LogP contribution in [0.2, 0.25) is 0 Å². The summed E-state index contributed by atoms with van der Waals surface area (Å²) in [6.07, 6.45) is 2.45. The number of halogens is 1. The molecule has 2 aliphatic heterocycles. The van der Waals surface area contributed by atoms with Crippen molar-refractivity contribution in [3.8, 4) is 11.4 Å². The van der Waals surface area contributed by atoms with Crippen LogP contribution in [0.1, 0.15) is 40.8 Å². The van der Waals surface area contributed by atoms with E-state index in [9.17, 15) is 19.1 Å². The molecule has 1 atom stereocenters. The first-order valence-electron chi connectivity index (χ1n) is 10.5. The van der Waals surface area contributed by atoms with Crippen LogP contribution in [0.4, 0.5) is 4.39 Å². The Hall–Kier alpha value is -3.36. The lowest BCUT2D eigenvalue weighted by Crippen LogP contribution is -2.32. The minimum absolute atomic E-state index is 0.171. The Bertz CT molecular complexity index is 1380. The monoisotopic (exact) mass is 435 g/mol. The maximum absolute atomic E-state index is 14.4. The van der Waals surface area contributed by atoms with Gasteiger partial charge in [0.1, 0.15) is 12.4 Å². The Balaban J connectivity index is 1.76. The summed E-state index contributed by atoms with van der Waals surface area (Å²) in [6.45, 7) is 5.35. The van der Waals surface area contributed by atoms with Crippen molar-refractivity contribution in [2.45, 2.75) is 33.1 Å². The third-order valence-electron chi connectivity index (χ3n) is 6.08. The van der Waals surface area contributed by atoms with E-state index < -0.39 is 12.1 Å². The largest absolute Gasteiger partial charge is 0.458 e. The molecule has 5 rings (SSSR count). The summed E-state index contributed by atoms with van der Waals surface area (Å²) >= 11 is 0. The van der Waals surface area contributed by atoms with Gasteiger partial charge in [0.25, 0.3) is 5.56 Å². The number of likely N-dealkylation sites (N-methyl/N-ethyl adjacent to an activating group) is 1. The summed E-state index contributed by atoms with van der Waals surface area (Å²) in [5.41, 5.74) is 3.96. The number of esters is 1. The maximum Gasteiger partial charge on any atom is 0.340 e. The first-order chi connectivity index (χ1) is 15.4. The Labute approximate surface area is 183 Å². The predicted molar refractivity (Wildman–Crippen MR) is 118 cm³/mol. The SMILES string of the molecule is CCNC/C=C/c1c2c(nc3cc(F)c(C)cc13)-c1cc3c(c(=O)n1C2)COC(=O)C3O. The molecule has 3 aromatic rings. The van der Waals surface area contributed by atoms with Gasteiger partial charge in [0, 0.05) is 29.1 Å². The summed E-state index contributed by atoms with van der Waals surface area (Å²) in [6, 6.07) is 4.80. The number of aliphatic hydroxyl groups excluding tert-OH is 1. The molecule has 4 heterocycles. The van der Waals surface area contributed by atoms with Crippen molar-refractivity contribution in [1.29, 1.82) is 0 Å². The van der Waals surface area contributed by atoms with E-state index in [0.29, 0.717) is 35.6 Å². The number of nitrogens with one attached hydrogen (secondary N) is 1. The number of ether oxygens (including phenoxy) is 1. The first kappa shape index (κ1) is 20.5. The summed E-state index contributed by atoms with van der Waals surface area (Å²) in [5.74, 6) is -1.14. The Morgan fingerprint density at radius 1 is 1.31 bits per heavy atom. The van der Waals surface area contributed by atoms with Crippen LogP contribution in [0, 0.1) is 12.7 Å². The molecule has 0 fully saturated rings. The highest BCUT2D eigenvalue weighted by Crippen LogP contribution is 2.38. The fraction of sp³-hybridized carbons (Fsp3) is 0.292. The van der Waals surface area contributed by atoms with Crippen molar-refractivity contribution in [3.63, 3.8) is 0 Å². The van der Waals surface area contributed by atoms with Crippen LogP contribution in [0.15, 0.2) is 29.1 Å². The minimum atomic E-state index is -1.51. The number of carbonyl (C=O) groups is 1. The van der Waals surface area contributed by atoms with E-state index in [1.165, 1.54) is 6.07 Å². The number of aromatic nitrogens is 2. The van der Waals surface area contributed by atoms with Crippen LogP contribution < -0.4 is 10.9 Å². The van der Waals surface area contributed by atoms with Gasteiger partial charge in [0.2, 0.25) is 0 Å². The molecule has 8 heteroatoms. The van der Waals surface area contributed by atoms with E-state index in [4.69, 9.17) is 9.72 Å². The molecule has 0 saturated heterocycles. The summed E-state index contributed by atoms with van der Waals surface area (Å²) in [4.78, 5) is 29.7. The highest BCUT2D eigenvalue weighted by molar-refractivity contribution is 5.94. The van der Waals surface area contributed by atoms with Gasteiger partial charge in [-0.3, -0.25) is 4.79 Å². The standard InChI is InChI=1S/C24H22FN3O4/c1-3-26-6-4-5-13-14-7-12(2)18(25)9-19(14)27-21-16(13)10-28-20(21)8-15-17(23(28)30)11-32-24(31)22(15)29/h4-5,7-9,22,26,29H,3,6,10-11H2,1-2H3/b5-4+. The zero-order chi connectivity index (χ0) is 22.6. The Morgan fingerprint density at radius 2 is 2.12 bits per heavy atom. The lowest BCUT2D eigenvalue weighted by atomic mass is 9.97. The molecule has 0 aliphatic carbocycles. The summed E-state index contributed by atoms with van der Waals surface area (Å²) < 4.78 is 20.9. The second kappa shape index (κ2) is 7.65. The molecule has 1 aromatic carbocycles. The molecule has 0 saturated carbocycles. The van der Waals surface area contributed by atoms with Crippen molar-refractivity contribution < 1.29 is 19.0 Å². The van der Waals surface area contributed by atoms with Crippen LogP contribution in [-0.4, -0.2) is 33.7 Å². The lowest BCUT2D eigenvalue weighted by Gasteiger charge is -2.21. The number of hydrogen-bond acceptors (Lipinski definition) is 6. The number of benzene rings is 1. The number of carbonyl (C=O) groups excluding carboxylic acids is 1. The number of fused-ring (bicyclic) bond motifs is 5. The third kappa shape index (κ3) is 3.06. The average molecular weight is 435 g/mol. The van der Waals surface area contributed by atoms with E-state index in [1.807, 2.05) is 19.1 Å². The summed E-state index contributed by atoms with van der Waals surface area (Å²) in [5, 5.41) is 14.3. The summed E-state index contributed by atoms with van der Waals surface area (Å²) in [7, 11) is 0. The van der Waals surface area contributed by atoms with E-state index in [1.54, 1.807) is 23.6 Å². The fourth-order valence-corrected chi connectivity index (χ4v) is 4.38. The number of cyclic esters (lactones) is 1. The van der Waals surface area contributed by atoms with Crippen LogP contribution in [-0.2, 0) is 22.7 Å². The van der Waals surface area contributed by atoms with Gasteiger partial charge in [-0.25, -0.2) is 14.2 Å². The Morgan fingerprint density at radius 3 is 2.91 bits per heavy atom. The number of aryl methyl sites for hydroxylation is 1. The fourth-order valence-electron chi connectivity index (χ4n) is 4.38. The molecule has 32 heavy (non-hydrogen) atoms. The number of hydrogen-bond donors (Lipinski definition) is 2. The number of aliphatic hydroxyl groups is 1. The third-order valence-corrected chi connectivity index (χ3v) is 6.08. The van der Waals surface area contributed by atoms with E-state index >= 15 is 0 Å². The van der Waals surface area contributed by atoms with Crippen molar-refractivity contribution >= 4 is 22.9 Å². The normalized spacial score (nSPS) is 16.9. The van der Waals surface area contributed by atoms with Crippen LogP contribution >= 0.6 is 0 Å². The van der Waals surface area contributed by atoms with E-state index in [-0.39, 0.29) is 29.1 Å². The van der Waals surface area contributed by atoms with Crippen LogP contribution in [0.25, 0.3) is 28.4 Å². The average Bonchev–Trinajstić information content (AvgIpc) is 3.13. The molecule has 0 amide bonds. The van der Waals surface area contributed by atoms with Gasteiger partial charge >= 0.3 is 5.97 Å². The molecule has 0 radical (unpaired) electrons. The molecular weight excluding hydrogens is 413 g/mol. The zero-order valence-corrected chi connectivity index (χ0v) is 17.7. The smallest absolute Gasteiger partial charge is 0.340 e. The second-order valence-corrected chi connectivity index (χ2v) is 8.05. The molecule has 2 aromatic heterocycles. The predicted octanol–water partition coefficient (Wildman–Crippen LogP) is 2.59. The quantitative estimate of drug-likeness (QED) is 0.378. The molecule has 0 spiro atoms. The highest BCUT2D eigenvalue weighted by atomic mass is 19.1. The maximum atomic E-state index is 14.4. The molecule has 164 valence electrons. The molecule has 1 unspecified atom stereocenters. The number of pyridine rings is 2. The van der Waals surface area contributed by atoms with E-state index in [2.05, 4.69) is 5.32 Å². The molecule has 7 nitrogen and oxygen atoms in total. The Kier molecular flexibility index (Phi) is 4.91. The molecular formula is C24H22FN3O4. The van der Waals surface area contributed by atoms with Gasteiger partial charge in [-0.15, -0.1) is 0 Å². The van der Waals surface area contributed by atoms with Crippen molar-refractivity contribution in [2.75, 3.05) is 13.1 Å². The number of rotatable bonds is 4. The minimum Gasteiger partial charge on any atom is -0.458 e. The molecule has 0 bridgehead atoms.